The van der Waals surface area contributed by atoms with Crippen LogP contribution in [0.25, 0.3) is 11.1 Å². The highest BCUT2D eigenvalue weighted by molar-refractivity contribution is 5.83. The van der Waals surface area contributed by atoms with Gasteiger partial charge in [0.15, 0.2) is 0 Å². The molecule has 0 bridgehead atoms. The van der Waals surface area contributed by atoms with Crippen molar-refractivity contribution in [1.82, 2.24) is 20.9 Å². The van der Waals surface area contributed by atoms with E-state index in [1.54, 1.807) is 0 Å². The third-order valence-corrected chi connectivity index (χ3v) is 8.87. The number of amides is 2. The van der Waals surface area contributed by atoms with Gasteiger partial charge in [0.05, 0.1) is 12.6 Å². The first-order valence-corrected chi connectivity index (χ1v) is 16.5. The maximum absolute atomic E-state index is 13.1. The number of hydrogen-bond acceptors (Lipinski definition) is 4. The number of carbonyl (C=O) groups excluding carboxylic acids is 2. The van der Waals surface area contributed by atoms with Gasteiger partial charge in [-0.05, 0) is 53.6 Å². The molecular formula is C37H47F3N4O2. The first-order valence-electron chi connectivity index (χ1n) is 16.5. The van der Waals surface area contributed by atoms with E-state index < -0.39 is 18.1 Å². The summed E-state index contributed by atoms with van der Waals surface area (Å²) in [5.41, 5.74) is 4.77. The molecule has 1 unspecified atom stereocenters. The van der Waals surface area contributed by atoms with Gasteiger partial charge in [-0.2, -0.15) is 13.2 Å². The number of rotatable bonds is 18. The molecular weight excluding hydrogens is 589 g/mol. The molecule has 0 aliphatic heterocycles. The van der Waals surface area contributed by atoms with E-state index in [1.165, 1.54) is 0 Å². The number of benzene rings is 3. The molecule has 3 aromatic rings. The van der Waals surface area contributed by atoms with Crippen LogP contribution >= 0.6 is 0 Å². The Morgan fingerprint density at radius 2 is 1.46 bits per heavy atom. The Labute approximate surface area is 271 Å². The highest BCUT2D eigenvalue weighted by Crippen LogP contribution is 2.51. The van der Waals surface area contributed by atoms with Crippen LogP contribution in [0.5, 0.6) is 0 Å². The SMILES string of the molecule is CCCC(C(=O)NCCC(=O)NCCCCC1(CNCC(F)(F)F)c2ccccc2-c2ccccc21)N(CC)Cc1ccccc1. The fraction of sp³-hybridized carbons (Fsp3) is 0.459. The van der Waals surface area contributed by atoms with Crippen molar-refractivity contribution in [2.75, 3.05) is 32.7 Å². The molecule has 248 valence electrons. The minimum absolute atomic E-state index is 0.0611. The Hall–Kier alpha value is -3.69. The summed E-state index contributed by atoms with van der Waals surface area (Å²) in [5, 5.41) is 8.60. The van der Waals surface area contributed by atoms with Crippen LogP contribution < -0.4 is 16.0 Å². The lowest BCUT2D eigenvalue weighted by atomic mass is 9.74. The molecule has 0 saturated carbocycles. The summed E-state index contributed by atoms with van der Waals surface area (Å²) in [6, 6.07) is 25.7. The second-order valence-electron chi connectivity index (χ2n) is 12.1. The maximum Gasteiger partial charge on any atom is 0.401 e. The van der Waals surface area contributed by atoms with E-state index in [0.717, 1.165) is 53.6 Å². The number of fused-ring (bicyclic) bond motifs is 3. The van der Waals surface area contributed by atoms with Crippen molar-refractivity contribution in [2.24, 2.45) is 0 Å². The molecule has 1 aliphatic carbocycles. The second kappa shape index (κ2) is 16.7. The van der Waals surface area contributed by atoms with Crippen LogP contribution in [-0.2, 0) is 21.5 Å². The quantitative estimate of drug-likeness (QED) is 0.138. The Morgan fingerprint density at radius 3 is 2.07 bits per heavy atom. The average molecular weight is 637 g/mol. The van der Waals surface area contributed by atoms with Crippen molar-refractivity contribution in [3.63, 3.8) is 0 Å². The molecule has 0 aromatic heterocycles. The maximum atomic E-state index is 13.1. The van der Waals surface area contributed by atoms with E-state index in [0.29, 0.717) is 25.9 Å². The summed E-state index contributed by atoms with van der Waals surface area (Å²) in [5.74, 6) is -0.198. The molecule has 0 heterocycles. The number of hydrogen-bond donors (Lipinski definition) is 3. The second-order valence-corrected chi connectivity index (χ2v) is 12.1. The summed E-state index contributed by atoms with van der Waals surface area (Å²) in [7, 11) is 0. The van der Waals surface area contributed by atoms with Gasteiger partial charge in [-0.25, -0.2) is 0 Å². The third-order valence-electron chi connectivity index (χ3n) is 8.87. The molecule has 9 heteroatoms. The van der Waals surface area contributed by atoms with Crippen molar-refractivity contribution >= 4 is 11.8 Å². The van der Waals surface area contributed by atoms with Crippen LogP contribution in [0.15, 0.2) is 78.9 Å². The standard InChI is InChI=1S/C37H47F3N4O2/c1-3-14-33(44(4-2)25-28-15-6-5-7-16-28)35(46)43-24-21-34(45)42-23-13-12-22-36(26-41-27-37(38,39)40)31-19-10-8-17-29(31)30-18-9-11-20-32(30)36/h5-11,15-20,33,41H,3-4,12-14,21-27H2,1-2H3,(H,42,45)(H,43,46). The number of carbonyl (C=O) groups is 2. The number of unbranched alkanes of at least 4 members (excludes halogenated alkanes) is 1. The van der Waals surface area contributed by atoms with Crippen LogP contribution in [0.4, 0.5) is 13.2 Å². The van der Waals surface area contributed by atoms with Gasteiger partial charge in [0, 0.05) is 38.0 Å². The van der Waals surface area contributed by atoms with Crippen molar-refractivity contribution < 1.29 is 22.8 Å². The molecule has 0 spiro atoms. The molecule has 4 rings (SSSR count). The Kier molecular flexibility index (Phi) is 12.8. The van der Waals surface area contributed by atoms with Crippen LogP contribution in [0, 0.1) is 0 Å². The van der Waals surface area contributed by atoms with Crippen LogP contribution in [-0.4, -0.2) is 61.7 Å². The van der Waals surface area contributed by atoms with E-state index in [1.807, 2.05) is 66.7 Å². The van der Waals surface area contributed by atoms with Gasteiger partial charge in [0.1, 0.15) is 0 Å². The fourth-order valence-electron chi connectivity index (χ4n) is 6.68. The molecule has 2 amide bonds. The van der Waals surface area contributed by atoms with Crippen LogP contribution in [0.3, 0.4) is 0 Å². The molecule has 6 nitrogen and oxygen atoms in total. The van der Waals surface area contributed by atoms with E-state index in [-0.39, 0.29) is 37.4 Å². The van der Waals surface area contributed by atoms with E-state index in [4.69, 9.17) is 0 Å². The lowest BCUT2D eigenvalue weighted by molar-refractivity contribution is -0.127. The molecule has 3 aromatic carbocycles. The summed E-state index contributed by atoms with van der Waals surface area (Å²) in [6.45, 7) is 5.39. The van der Waals surface area contributed by atoms with Gasteiger partial charge in [-0.15, -0.1) is 0 Å². The third kappa shape index (κ3) is 9.19. The minimum Gasteiger partial charge on any atom is -0.356 e. The molecule has 1 atom stereocenters. The predicted molar refractivity (Wildman–Crippen MR) is 177 cm³/mol. The van der Waals surface area contributed by atoms with Gasteiger partial charge in [-0.1, -0.05) is 106 Å². The van der Waals surface area contributed by atoms with Gasteiger partial charge in [0.2, 0.25) is 11.8 Å². The largest absolute Gasteiger partial charge is 0.401 e. The lowest BCUT2D eigenvalue weighted by Gasteiger charge is -2.33. The van der Waals surface area contributed by atoms with E-state index in [2.05, 4.69) is 46.8 Å². The van der Waals surface area contributed by atoms with Crippen molar-refractivity contribution in [3.8, 4) is 11.1 Å². The molecule has 46 heavy (non-hydrogen) atoms. The lowest BCUT2D eigenvalue weighted by Crippen LogP contribution is -2.47. The Bertz CT molecular complexity index is 1370. The van der Waals surface area contributed by atoms with E-state index in [9.17, 15) is 22.8 Å². The van der Waals surface area contributed by atoms with Crippen molar-refractivity contribution in [1.29, 1.82) is 0 Å². The van der Waals surface area contributed by atoms with Gasteiger partial charge in [0.25, 0.3) is 0 Å². The molecule has 0 saturated heterocycles. The topological polar surface area (TPSA) is 73.5 Å². The number of halogens is 3. The first-order chi connectivity index (χ1) is 22.2. The predicted octanol–water partition coefficient (Wildman–Crippen LogP) is 6.59. The average Bonchev–Trinajstić information content (AvgIpc) is 3.32. The number of likely N-dealkylation sites (N-methyl/N-ethyl adjacent to an activating group) is 1. The zero-order chi connectivity index (χ0) is 33.0. The van der Waals surface area contributed by atoms with E-state index >= 15 is 0 Å². The molecule has 0 radical (unpaired) electrons. The normalized spacial score (nSPS) is 14.0. The van der Waals surface area contributed by atoms with Crippen LogP contribution in [0.2, 0.25) is 0 Å². The summed E-state index contributed by atoms with van der Waals surface area (Å²) >= 11 is 0. The van der Waals surface area contributed by atoms with Gasteiger partial charge >= 0.3 is 6.18 Å². The first kappa shape index (κ1) is 35.2. The summed E-state index contributed by atoms with van der Waals surface area (Å²) in [6.07, 6.45) is -0.444. The fourth-order valence-corrected chi connectivity index (χ4v) is 6.68. The monoisotopic (exact) mass is 636 g/mol. The zero-order valence-electron chi connectivity index (χ0n) is 27.0. The van der Waals surface area contributed by atoms with Crippen LogP contribution in [0.1, 0.15) is 69.1 Å². The number of alkyl halides is 3. The summed E-state index contributed by atoms with van der Waals surface area (Å²) in [4.78, 5) is 27.9. The Morgan fingerprint density at radius 1 is 0.826 bits per heavy atom. The Balaban J connectivity index is 1.26. The molecule has 3 N–H and O–H groups in total. The highest BCUT2D eigenvalue weighted by Gasteiger charge is 2.42. The van der Waals surface area contributed by atoms with Crippen molar-refractivity contribution in [3.05, 3.63) is 95.6 Å². The highest BCUT2D eigenvalue weighted by atomic mass is 19.4. The molecule has 0 fully saturated rings. The smallest absolute Gasteiger partial charge is 0.356 e. The van der Waals surface area contributed by atoms with Gasteiger partial charge < -0.3 is 16.0 Å². The molecule has 1 aliphatic rings. The summed E-state index contributed by atoms with van der Waals surface area (Å²) < 4.78 is 39.3. The minimum atomic E-state index is -4.29. The zero-order valence-corrected chi connectivity index (χ0v) is 27.0. The van der Waals surface area contributed by atoms with Gasteiger partial charge in [-0.3, -0.25) is 14.5 Å². The number of nitrogens with zero attached hydrogens (tertiary/aromatic N) is 1. The van der Waals surface area contributed by atoms with Crippen molar-refractivity contribution in [2.45, 2.75) is 76.6 Å². The number of nitrogens with one attached hydrogen (secondary N) is 3.